The fraction of sp³-hybridized carbons (Fsp3) is 0.556. The lowest BCUT2D eigenvalue weighted by Gasteiger charge is -2.40. The number of hydrogen-bond acceptors (Lipinski definition) is 5. The highest BCUT2D eigenvalue weighted by Crippen LogP contribution is 2.26. The molecule has 7 heteroatoms. The first-order chi connectivity index (χ1) is 12.1. The number of piperazine rings is 1. The monoisotopic (exact) mass is 347 g/mol. The average molecular weight is 347 g/mol. The van der Waals surface area contributed by atoms with Crippen molar-refractivity contribution < 1.29 is 19.1 Å². The number of hydrogen-bond donors (Lipinski definition) is 3. The number of benzene rings is 1. The van der Waals surface area contributed by atoms with Gasteiger partial charge in [0.25, 0.3) is 0 Å². The number of fused-ring (bicyclic) bond motifs is 1. The summed E-state index contributed by atoms with van der Waals surface area (Å²) in [4.78, 5) is 24.6. The Morgan fingerprint density at radius 1 is 1.12 bits per heavy atom. The van der Waals surface area contributed by atoms with Gasteiger partial charge in [-0.05, 0) is 12.8 Å². The molecule has 0 bridgehead atoms. The molecule has 1 aliphatic carbocycles. The highest BCUT2D eigenvalue weighted by Gasteiger charge is 2.36. The van der Waals surface area contributed by atoms with Crippen LogP contribution in [0.15, 0.2) is 18.2 Å². The van der Waals surface area contributed by atoms with E-state index in [9.17, 15) is 9.59 Å². The zero-order chi connectivity index (χ0) is 17.8. The minimum absolute atomic E-state index is 0.0918. The van der Waals surface area contributed by atoms with E-state index in [1.54, 1.807) is 32.4 Å². The molecule has 0 spiro atoms. The van der Waals surface area contributed by atoms with E-state index in [1.165, 1.54) is 0 Å². The quantitative estimate of drug-likeness (QED) is 0.750. The number of rotatable bonds is 5. The summed E-state index contributed by atoms with van der Waals surface area (Å²) in [6.45, 7) is 0. The smallest absolute Gasteiger partial charge is 0.237 e. The Balaban J connectivity index is 1.61. The van der Waals surface area contributed by atoms with Crippen LogP contribution < -0.4 is 25.4 Å². The summed E-state index contributed by atoms with van der Waals surface area (Å²) in [7, 11) is 3.11. The van der Waals surface area contributed by atoms with Gasteiger partial charge < -0.3 is 25.4 Å². The number of anilines is 1. The van der Waals surface area contributed by atoms with Gasteiger partial charge in [0.15, 0.2) is 0 Å². The van der Waals surface area contributed by atoms with Gasteiger partial charge in [-0.25, -0.2) is 0 Å². The molecule has 2 amide bonds. The normalized spacial score (nSPS) is 25.5. The van der Waals surface area contributed by atoms with Crippen molar-refractivity contribution in [3.8, 4) is 11.5 Å². The van der Waals surface area contributed by atoms with E-state index in [2.05, 4.69) is 16.0 Å². The van der Waals surface area contributed by atoms with Crippen molar-refractivity contribution in [2.45, 2.75) is 50.2 Å². The maximum absolute atomic E-state index is 12.4. The third-order valence-corrected chi connectivity index (χ3v) is 4.85. The zero-order valence-corrected chi connectivity index (χ0v) is 14.6. The summed E-state index contributed by atoms with van der Waals surface area (Å²) in [6.07, 6.45) is 4.44. The van der Waals surface area contributed by atoms with Crippen LogP contribution in [0.1, 0.15) is 32.1 Å². The van der Waals surface area contributed by atoms with Crippen LogP contribution in [-0.2, 0) is 9.59 Å². The van der Waals surface area contributed by atoms with Crippen LogP contribution in [0.4, 0.5) is 5.69 Å². The van der Waals surface area contributed by atoms with E-state index in [0.29, 0.717) is 17.2 Å². The predicted octanol–water partition coefficient (Wildman–Crippen LogP) is 1.43. The molecular formula is C18H25N3O4. The molecular weight excluding hydrogens is 322 g/mol. The van der Waals surface area contributed by atoms with Gasteiger partial charge in [0.1, 0.15) is 11.5 Å². The first-order valence-electron chi connectivity index (χ1n) is 8.68. The summed E-state index contributed by atoms with van der Waals surface area (Å²) >= 11 is 0. The number of amides is 2. The molecule has 1 heterocycles. The molecule has 3 N–H and O–H groups in total. The highest BCUT2D eigenvalue weighted by atomic mass is 16.5. The average Bonchev–Trinajstić information content (AvgIpc) is 2.61. The van der Waals surface area contributed by atoms with E-state index < -0.39 is 6.04 Å². The molecule has 25 heavy (non-hydrogen) atoms. The SMILES string of the molecule is COc1cc(NC(=O)C[C@H]2N[C@@H]3CCCC[C@@H]3NC2=O)cc(OC)c1. The fourth-order valence-electron chi connectivity index (χ4n) is 3.55. The van der Waals surface area contributed by atoms with Gasteiger partial charge in [0, 0.05) is 36.0 Å². The minimum atomic E-state index is -0.494. The molecule has 2 aliphatic rings. The maximum atomic E-state index is 12.4. The molecule has 3 rings (SSSR count). The molecule has 3 atom stereocenters. The Labute approximate surface area is 147 Å². The molecule has 0 aromatic heterocycles. The van der Waals surface area contributed by atoms with E-state index in [1.807, 2.05) is 0 Å². The van der Waals surface area contributed by atoms with E-state index in [4.69, 9.17) is 9.47 Å². The van der Waals surface area contributed by atoms with Crippen molar-refractivity contribution in [1.82, 2.24) is 10.6 Å². The van der Waals surface area contributed by atoms with E-state index in [0.717, 1.165) is 25.7 Å². The highest BCUT2D eigenvalue weighted by molar-refractivity contribution is 5.96. The van der Waals surface area contributed by atoms with Crippen LogP contribution in [0.5, 0.6) is 11.5 Å². The molecule has 1 saturated carbocycles. The summed E-state index contributed by atoms with van der Waals surface area (Å²) in [5.74, 6) is 0.861. The topological polar surface area (TPSA) is 88.7 Å². The molecule has 1 saturated heterocycles. The van der Waals surface area contributed by atoms with Gasteiger partial charge >= 0.3 is 0 Å². The largest absolute Gasteiger partial charge is 0.497 e. The summed E-state index contributed by atoms with van der Waals surface area (Å²) in [5.41, 5.74) is 0.577. The summed E-state index contributed by atoms with van der Waals surface area (Å²) < 4.78 is 10.4. The molecule has 7 nitrogen and oxygen atoms in total. The van der Waals surface area contributed by atoms with Gasteiger partial charge in [-0.15, -0.1) is 0 Å². The van der Waals surface area contributed by atoms with Crippen molar-refractivity contribution in [2.24, 2.45) is 0 Å². The second-order valence-electron chi connectivity index (χ2n) is 6.58. The van der Waals surface area contributed by atoms with Crippen LogP contribution in [0.25, 0.3) is 0 Å². The van der Waals surface area contributed by atoms with Crippen molar-refractivity contribution in [2.75, 3.05) is 19.5 Å². The Hall–Kier alpha value is -2.28. The molecule has 0 unspecified atom stereocenters. The minimum Gasteiger partial charge on any atom is -0.497 e. The summed E-state index contributed by atoms with van der Waals surface area (Å²) in [6, 6.07) is 5.13. The molecule has 1 aromatic carbocycles. The lowest BCUT2D eigenvalue weighted by molar-refractivity contribution is -0.129. The van der Waals surface area contributed by atoms with Crippen LogP contribution in [-0.4, -0.2) is 44.2 Å². The number of methoxy groups -OCH3 is 2. The molecule has 0 radical (unpaired) electrons. The molecule has 136 valence electrons. The zero-order valence-electron chi connectivity index (χ0n) is 14.6. The second-order valence-corrected chi connectivity index (χ2v) is 6.58. The molecule has 2 fully saturated rings. The van der Waals surface area contributed by atoms with Gasteiger partial charge in [-0.3, -0.25) is 9.59 Å². The van der Waals surface area contributed by atoms with Gasteiger partial charge in [0.05, 0.1) is 26.7 Å². The summed E-state index contributed by atoms with van der Waals surface area (Å²) in [5, 5.41) is 9.21. The number of carbonyl (C=O) groups excluding carboxylic acids is 2. The van der Waals surface area contributed by atoms with E-state index >= 15 is 0 Å². The van der Waals surface area contributed by atoms with E-state index in [-0.39, 0.29) is 30.3 Å². The lowest BCUT2D eigenvalue weighted by Crippen LogP contribution is -2.65. The third kappa shape index (κ3) is 4.22. The Morgan fingerprint density at radius 2 is 1.76 bits per heavy atom. The first kappa shape index (κ1) is 17.5. The van der Waals surface area contributed by atoms with Crippen LogP contribution in [0.2, 0.25) is 0 Å². The van der Waals surface area contributed by atoms with Gasteiger partial charge in [0.2, 0.25) is 11.8 Å². The maximum Gasteiger partial charge on any atom is 0.237 e. The predicted molar refractivity (Wildman–Crippen MR) is 93.9 cm³/mol. The Bertz CT molecular complexity index is 627. The van der Waals surface area contributed by atoms with Crippen molar-refractivity contribution >= 4 is 17.5 Å². The van der Waals surface area contributed by atoms with Crippen LogP contribution >= 0.6 is 0 Å². The van der Waals surface area contributed by atoms with Gasteiger partial charge in [-0.2, -0.15) is 0 Å². The van der Waals surface area contributed by atoms with Crippen molar-refractivity contribution in [3.63, 3.8) is 0 Å². The number of ether oxygens (including phenoxy) is 2. The molecule has 1 aliphatic heterocycles. The standard InChI is InChI=1S/C18H25N3O4/c1-24-12-7-11(8-13(9-12)25-2)19-17(22)10-16-18(23)21-15-6-4-3-5-14(15)20-16/h7-9,14-16,20H,3-6,10H2,1-2H3,(H,19,22)(H,21,23)/t14-,15+,16-/m1/s1. The lowest BCUT2D eigenvalue weighted by atomic mass is 9.87. The Morgan fingerprint density at radius 3 is 2.40 bits per heavy atom. The van der Waals surface area contributed by atoms with Crippen LogP contribution in [0.3, 0.4) is 0 Å². The first-order valence-corrected chi connectivity index (χ1v) is 8.68. The third-order valence-electron chi connectivity index (χ3n) is 4.85. The number of nitrogens with one attached hydrogen (secondary N) is 3. The van der Waals surface area contributed by atoms with Gasteiger partial charge in [-0.1, -0.05) is 12.8 Å². The second kappa shape index (κ2) is 7.74. The number of carbonyl (C=O) groups is 2. The Kier molecular flexibility index (Phi) is 5.43. The van der Waals surface area contributed by atoms with Crippen molar-refractivity contribution in [1.29, 1.82) is 0 Å². The molecule has 1 aromatic rings. The van der Waals surface area contributed by atoms with Crippen molar-refractivity contribution in [3.05, 3.63) is 18.2 Å². The van der Waals surface area contributed by atoms with Crippen LogP contribution in [0, 0.1) is 0 Å². The fourth-order valence-corrected chi connectivity index (χ4v) is 3.55.